The lowest BCUT2D eigenvalue weighted by Crippen LogP contribution is -2.25. The Bertz CT molecular complexity index is 564. The molecule has 0 aromatic heterocycles. The minimum absolute atomic E-state index is 0.136. The van der Waals surface area contributed by atoms with Crippen molar-refractivity contribution >= 4 is 15.7 Å². The number of rotatable bonds is 3. The molecular formula is C13H17NO3S. The number of benzene rings is 1. The van der Waals surface area contributed by atoms with E-state index in [9.17, 15) is 13.2 Å². The second kappa shape index (κ2) is 5.10. The van der Waals surface area contributed by atoms with Crippen LogP contribution in [-0.2, 0) is 16.3 Å². The Kier molecular flexibility index (Phi) is 3.71. The minimum Gasteiger partial charge on any atom is -0.352 e. The number of sulfone groups is 1. The maximum absolute atomic E-state index is 11.8. The lowest BCUT2D eigenvalue weighted by molar-refractivity contribution is 0.0953. The van der Waals surface area contributed by atoms with E-state index in [1.807, 2.05) is 6.92 Å². The van der Waals surface area contributed by atoms with E-state index in [0.717, 1.165) is 18.4 Å². The fourth-order valence-corrected chi connectivity index (χ4v) is 3.70. The molecule has 0 bridgehead atoms. The highest BCUT2D eigenvalue weighted by Gasteiger charge is 2.24. The average Bonchev–Trinajstić information content (AvgIpc) is 2.35. The molecule has 4 nitrogen and oxygen atoms in total. The van der Waals surface area contributed by atoms with Gasteiger partial charge in [-0.3, -0.25) is 4.79 Å². The summed E-state index contributed by atoms with van der Waals surface area (Å²) >= 11 is 0. The molecule has 1 N–H and O–H groups in total. The van der Waals surface area contributed by atoms with Crippen molar-refractivity contribution < 1.29 is 13.2 Å². The van der Waals surface area contributed by atoms with Crippen LogP contribution in [0, 0.1) is 0 Å². The van der Waals surface area contributed by atoms with Gasteiger partial charge in [0.1, 0.15) is 0 Å². The fourth-order valence-electron chi connectivity index (χ4n) is 2.12. The number of fused-ring (bicyclic) bond motifs is 1. The first-order valence-electron chi connectivity index (χ1n) is 6.18. The Morgan fingerprint density at radius 1 is 1.39 bits per heavy atom. The molecule has 1 aliphatic rings. The van der Waals surface area contributed by atoms with Crippen molar-refractivity contribution in [2.75, 3.05) is 12.3 Å². The highest BCUT2D eigenvalue weighted by atomic mass is 32.2. The maximum atomic E-state index is 11.8. The summed E-state index contributed by atoms with van der Waals surface area (Å²) < 4.78 is 23.7. The van der Waals surface area contributed by atoms with Gasteiger partial charge in [0.15, 0.2) is 9.84 Å². The molecule has 2 rings (SSSR count). The maximum Gasteiger partial charge on any atom is 0.251 e. The lowest BCUT2D eigenvalue weighted by atomic mass is 10.1. The SMILES string of the molecule is CCCNC(=O)c1ccc2c(c1)CCCS2(=O)=O. The van der Waals surface area contributed by atoms with Crippen molar-refractivity contribution in [2.45, 2.75) is 31.1 Å². The van der Waals surface area contributed by atoms with E-state index < -0.39 is 9.84 Å². The summed E-state index contributed by atoms with van der Waals surface area (Å²) in [5, 5.41) is 2.79. The third-order valence-electron chi connectivity index (χ3n) is 3.05. The second-order valence-electron chi connectivity index (χ2n) is 4.50. The number of amides is 1. The molecule has 98 valence electrons. The van der Waals surface area contributed by atoms with Crippen LogP contribution in [0.25, 0.3) is 0 Å². The van der Waals surface area contributed by atoms with Gasteiger partial charge in [0.05, 0.1) is 10.6 Å². The average molecular weight is 267 g/mol. The number of hydrogen-bond donors (Lipinski definition) is 1. The van der Waals surface area contributed by atoms with Crippen LogP contribution in [0.2, 0.25) is 0 Å². The van der Waals surface area contributed by atoms with Crippen LogP contribution in [-0.4, -0.2) is 26.6 Å². The Morgan fingerprint density at radius 2 is 2.17 bits per heavy atom. The molecule has 0 fully saturated rings. The molecule has 0 aliphatic carbocycles. The summed E-state index contributed by atoms with van der Waals surface area (Å²) in [7, 11) is -3.13. The van der Waals surface area contributed by atoms with Gasteiger partial charge in [0.2, 0.25) is 0 Å². The molecule has 1 aromatic carbocycles. The third-order valence-corrected chi connectivity index (χ3v) is 4.95. The largest absolute Gasteiger partial charge is 0.352 e. The van der Waals surface area contributed by atoms with Crippen molar-refractivity contribution in [1.29, 1.82) is 0 Å². The first-order valence-corrected chi connectivity index (χ1v) is 7.83. The van der Waals surface area contributed by atoms with Crippen molar-refractivity contribution in [3.63, 3.8) is 0 Å². The standard InChI is InChI=1S/C13H17NO3S/c1-2-7-14-13(15)11-5-6-12-10(9-11)4-3-8-18(12,16)17/h5-6,9H,2-4,7-8H2,1H3,(H,14,15). The van der Waals surface area contributed by atoms with Crippen molar-refractivity contribution in [3.05, 3.63) is 29.3 Å². The van der Waals surface area contributed by atoms with E-state index in [2.05, 4.69) is 5.32 Å². The summed E-state index contributed by atoms with van der Waals surface area (Å²) in [6, 6.07) is 4.86. The molecule has 0 saturated heterocycles. The van der Waals surface area contributed by atoms with Gasteiger partial charge in [-0.15, -0.1) is 0 Å². The van der Waals surface area contributed by atoms with Crippen LogP contribution in [0.15, 0.2) is 23.1 Å². The zero-order valence-electron chi connectivity index (χ0n) is 10.4. The number of aryl methyl sites for hydroxylation is 1. The van der Waals surface area contributed by atoms with Gasteiger partial charge in [0, 0.05) is 12.1 Å². The third kappa shape index (κ3) is 2.56. The van der Waals surface area contributed by atoms with E-state index >= 15 is 0 Å². The smallest absolute Gasteiger partial charge is 0.251 e. The Balaban J connectivity index is 2.30. The van der Waals surface area contributed by atoms with E-state index in [0.29, 0.717) is 23.4 Å². The van der Waals surface area contributed by atoms with Crippen LogP contribution in [0.5, 0.6) is 0 Å². The molecule has 0 radical (unpaired) electrons. The van der Waals surface area contributed by atoms with Crippen LogP contribution in [0.4, 0.5) is 0 Å². The van der Waals surface area contributed by atoms with Gasteiger partial charge >= 0.3 is 0 Å². The van der Waals surface area contributed by atoms with Gasteiger partial charge in [0.25, 0.3) is 5.91 Å². The highest BCUT2D eigenvalue weighted by molar-refractivity contribution is 7.91. The highest BCUT2D eigenvalue weighted by Crippen LogP contribution is 2.25. The molecule has 1 aliphatic heterocycles. The quantitative estimate of drug-likeness (QED) is 0.903. The van der Waals surface area contributed by atoms with Crippen LogP contribution in [0.3, 0.4) is 0 Å². The van der Waals surface area contributed by atoms with E-state index in [1.54, 1.807) is 18.2 Å². The summed E-state index contributed by atoms with van der Waals surface area (Å²) in [6.07, 6.45) is 2.24. The van der Waals surface area contributed by atoms with Gasteiger partial charge in [-0.25, -0.2) is 8.42 Å². The molecule has 1 amide bonds. The zero-order valence-corrected chi connectivity index (χ0v) is 11.2. The van der Waals surface area contributed by atoms with Crippen LogP contribution >= 0.6 is 0 Å². The fraction of sp³-hybridized carbons (Fsp3) is 0.462. The van der Waals surface area contributed by atoms with Crippen LogP contribution in [0.1, 0.15) is 35.7 Å². The van der Waals surface area contributed by atoms with Gasteiger partial charge in [-0.2, -0.15) is 0 Å². The molecule has 18 heavy (non-hydrogen) atoms. The van der Waals surface area contributed by atoms with Crippen LogP contribution < -0.4 is 5.32 Å². The van der Waals surface area contributed by atoms with Crippen molar-refractivity contribution in [2.24, 2.45) is 0 Å². The topological polar surface area (TPSA) is 63.2 Å². The minimum atomic E-state index is -3.13. The molecule has 1 heterocycles. The predicted molar refractivity (Wildman–Crippen MR) is 69.4 cm³/mol. The molecular weight excluding hydrogens is 250 g/mol. The predicted octanol–water partition coefficient (Wildman–Crippen LogP) is 1.55. The summed E-state index contributed by atoms with van der Waals surface area (Å²) in [6.45, 7) is 2.62. The zero-order chi connectivity index (χ0) is 13.2. The molecule has 5 heteroatoms. The molecule has 0 spiro atoms. The summed E-state index contributed by atoms with van der Waals surface area (Å²) in [5.74, 6) is 0.0732. The molecule has 0 saturated carbocycles. The monoisotopic (exact) mass is 267 g/mol. The number of carbonyl (C=O) groups is 1. The van der Waals surface area contributed by atoms with E-state index in [4.69, 9.17) is 0 Å². The normalized spacial score (nSPS) is 16.9. The molecule has 1 aromatic rings. The Labute approximate surface area is 107 Å². The number of nitrogens with one attached hydrogen (secondary N) is 1. The second-order valence-corrected chi connectivity index (χ2v) is 6.58. The molecule has 0 atom stereocenters. The number of hydrogen-bond acceptors (Lipinski definition) is 3. The summed E-state index contributed by atoms with van der Waals surface area (Å²) in [5.41, 5.74) is 1.31. The van der Waals surface area contributed by atoms with E-state index in [1.165, 1.54) is 0 Å². The first-order chi connectivity index (χ1) is 8.54. The van der Waals surface area contributed by atoms with Crippen molar-refractivity contribution in [3.8, 4) is 0 Å². The lowest BCUT2D eigenvalue weighted by Gasteiger charge is -2.16. The van der Waals surface area contributed by atoms with E-state index in [-0.39, 0.29) is 11.7 Å². The molecule has 0 unspecified atom stereocenters. The van der Waals surface area contributed by atoms with Gasteiger partial charge in [-0.05, 0) is 43.0 Å². The van der Waals surface area contributed by atoms with Gasteiger partial charge < -0.3 is 5.32 Å². The Hall–Kier alpha value is -1.36. The number of carbonyl (C=O) groups excluding carboxylic acids is 1. The summed E-state index contributed by atoms with van der Waals surface area (Å²) in [4.78, 5) is 12.2. The Morgan fingerprint density at radius 3 is 2.89 bits per heavy atom. The van der Waals surface area contributed by atoms with Crippen molar-refractivity contribution in [1.82, 2.24) is 5.32 Å². The first kappa shape index (κ1) is 13.1. The van der Waals surface area contributed by atoms with Gasteiger partial charge in [-0.1, -0.05) is 6.92 Å².